The Labute approximate surface area is 130 Å². The first-order valence-corrected chi connectivity index (χ1v) is 7.44. The van der Waals surface area contributed by atoms with Gasteiger partial charge >= 0.3 is 0 Å². The van der Waals surface area contributed by atoms with Gasteiger partial charge in [-0.15, -0.1) is 0 Å². The number of aryl methyl sites for hydroxylation is 2. The lowest BCUT2D eigenvalue weighted by molar-refractivity contribution is 0.449. The van der Waals surface area contributed by atoms with Crippen LogP contribution < -0.4 is 10.1 Å². The minimum absolute atomic E-state index is 0.499. The highest BCUT2D eigenvalue weighted by Crippen LogP contribution is 2.30. The molecule has 0 saturated carbocycles. The van der Waals surface area contributed by atoms with E-state index < -0.39 is 0 Å². The molecule has 21 heavy (non-hydrogen) atoms. The fourth-order valence-electron chi connectivity index (χ4n) is 2.08. The molecular formula is C16H20ClN3O. The fourth-order valence-corrected chi connectivity index (χ4v) is 2.40. The minimum Gasteiger partial charge on any atom is -0.437 e. The van der Waals surface area contributed by atoms with Gasteiger partial charge in [0.05, 0.1) is 11.9 Å². The second kappa shape index (κ2) is 7.38. The van der Waals surface area contributed by atoms with Gasteiger partial charge in [-0.3, -0.25) is 4.98 Å². The zero-order valence-corrected chi connectivity index (χ0v) is 13.4. The minimum atomic E-state index is 0.499. The Morgan fingerprint density at radius 1 is 1.19 bits per heavy atom. The Balaban J connectivity index is 2.15. The molecule has 0 aliphatic carbocycles. The summed E-state index contributed by atoms with van der Waals surface area (Å²) in [7, 11) is 0. The topological polar surface area (TPSA) is 47.0 Å². The maximum Gasteiger partial charge on any atom is 0.238 e. The van der Waals surface area contributed by atoms with Gasteiger partial charge in [-0.05, 0) is 50.1 Å². The molecule has 0 atom stereocenters. The lowest BCUT2D eigenvalue weighted by Gasteiger charge is -2.12. The number of benzene rings is 1. The quantitative estimate of drug-likeness (QED) is 0.818. The number of nitrogens with one attached hydrogen (secondary N) is 1. The second-order valence-corrected chi connectivity index (χ2v) is 5.43. The zero-order chi connectivity index (χ0) is 15.2. The van der Waals surface area contributed by atoms with Crippen molar-refractivity contribution in [1.82, 2.24) is 15.3 Å². The van der Waals surface area contributed by atoms with Crippen molar-refractivity contribution >= 4 is 11.6 Å². The van der Waals surface area contributed by atoms with Crippen molar-refractivity contribution in [3.05, 3.63) is 46.4 Å². The van der Waals surface area contributed by atoms with Crippen LogP contribution in [0.4, 0.5) is 0 Å². The Morgan fingerprint density at radius 2 is 1.90 bits per heavy atom. The third-order valence-electron chi connectivity index (χ3n) is 3.03. The smallest absolute Gasteiger partial charge is 0.238 e. The molecule has 1 N–H and O–H groups in total. The molecule has 1 aromatic carbocycles. The van der Waals surface area contributed by atoms with Crippen molar-refractivity contribution in [2.45, 2.75) is 33.7 Å². The monoisotopic (exact) mass is 305 g/mol. The molecule has 4 nitrogen and oxygen atoms in total. The molecule has 0 radical (unpaired) electrons. The first-order chi connectivity index (χ1) is 10.1. The molecular weight excluding hydrogens is 286 g/mol. The van der Waals surface area contributed by atoms with E-state index in [1.165, 1.54) is 0 Å². The Bertz CT molecular complexity index is 593. The predicted octanol–water partition coefficient (Wildman–Crippen LogP) is 4.04. The summed E-state index contributed by atoms with van der Waals surface area (Å²) in [6.07, 6.45) is 4.46. The van der Waals surface area contributed by atoms with Crippen LogP contribution in [-0.4, -0.2) is 16.5 Å². The van der Waals surface area contributed by atoms with Crippen molar-refractivity contribution in [3.63, 3.8) is 0 Å². The molecule has 1 heterocycles. The van der Waals surface area contributed by atoms with Gasteiger partial charge in [-0.25, -0.2) is 4.98 Å². The summed E-state index contributed by atoms with van der Waals surface area (Å²) in [5.74, 6) is 1.28. The first kappa shape index (κ1) is 15.7. The van der Waals surface area contributed by atoms with Gasteiger partial charge < -0.3 is 10.1 Å². The number of ether oxygens (including phenoxy) is 1. The molecule has 0 aliphatic heterocycles. The van der Waals surface area contributed by atoms with E-state index in [9.17, 15) is 0 Å². The standard InChI is InChI=1S/C16H20ClN3O/c1-4-5-18-8-14-9-19-10-15(20-14)21-16-11(2)6-13(17)7-12(16)3/h6-7,9-10,18H,4-5,8H2,1-3H3. The maximum atomic E-state index is 6.03. The van der Waals surface area contributed by atoms with Crippen molar-refractivity contribution in [2.75, 3.05) is 6.54 Å². The van der Waals surface area contributed by atoms with Crippen LogP contribution in [0.1, 0.15) is 30.2 Å². The van der Waals surface area contributed by atoms with Crippen molar-refractivity contribution in [2.24, 2.45) is 0 Å². The van der Waals surface area contributed by atoms with Crippen molar-refractivity contribution < 1.29 is 4.74 Å². The Morgan fingerprint density at radius 3 is 2.57 bits per heavy atom. The van der Waals surface area contributed by atoms with Crippen LogP contribution in [0.25, 0.3) is 0 Å². The van der Waals surface area contributed by atoms with Crippen molar-refractivity contribution in [1.29, 1.82) is 0 Å². The number of hydrogen-bond acceptors (Lipinski definition) is 4. The van der Waals surface area contributed by atoms with Gasteiger partial charge in [0.1, 0.15) is 5.75 Å². The summed E-state index contributed by atoms with van der Waals surface area (Å²) in [5.41, 5.74) is 2.83. The predicted molar refractivity (Wildman–Crippen MR) is 85.0 cm³/mol. The van der Waals surface area contributed by atoms with Gasteiger partial charge in [0.2, 0.25) is 5.88 Å². The van der Waals surface area contributed by atoms with Crippen LogP contribution in [0, 0.1) is 13.8 Å². The van der Waals surface area contributed by atoms with Gasteiger partial charge in [0.25, 0.3) is 0 Å². The van der Waals surface area contributed by atoms with Crippen LogP contribution in [-0.2, 0) is 6.54 Å². The van der Waals surface area contributed by atoms with Crippen LogP contribution in [0.15, 0.2) is 24.5 Å². The molecule has 0 aliphatic rings. The van der Waals surface area contributed by atoms with Crippen LogP contribution in [0.5, 0.6) is 11.6 Å². The highest BCUT2D eigenvalue weighted by molar-refractivity contribution is 6.30. The van der Waals surface area contributed by atoms with Crippen LogP contribution in [0.3, 0.4) is 0 Å². The fraction of sp³-hybridized carbons (Fsp3) is 0.375. The van der Waals surface area contributed by atoms with E-state index >= 15 is 0 Å². The zero-order valence-electron chi connectivity index (χ0n) is 12.6. The summed E-state index contributed by atoms with van der Waals surface area (Å²) in [5, 5.41) is 4.01. The second-order valence-electron chi connectivity index (χ2n) is 5.00. The van der Waals surface area contributed by atoms with Gasteiger partial charge in [-0.1, -0.05) is 18.5 Å². The van der Waals surface area contributed by atoms with E-state index in [0.717, 1.165) is 35.5 Å². The third-order valence-corrected chi connectivity index (χ3v) is 3.25. The van der Waals surface area contributed by atoms with Gasteiger partial charge in [0, 0.05) is 17.8 Å². The molecule has 0 bridgehead atoms. The van der Waals surface area contributed by atoms with E-state index in [1.54, 1.807) is 12.4 Å². The molecule has 112 valence electrons. The van der Waals surface area contributed by atoms with Gasteiger partial charge in [-0.2, -0.15) is 0 Å². The molecule has 0 unspecified atom stereocenters. The molecule has 0 saturated heterocycles. The molecule has 0 fully saturated rings. The average molecular weight is 306 g/mol. The SMILES string of the molecule is CCCNCc1cncc(Oc2c(C)cc(Cl)cc2C)n1. The van der Waals surface area contributed by atoms with E-state index in [2.05, 4.69) is 22.2 Å². The van der Waals surface area contributed by atoms with E-state index in [0.29, 0.717) is 17.4 Å². The number of nitrogens with zero attached hydrogens (tertiary/aromatic N) is 2. The van der Waals surface area contributed by atoms with Gasteiger partial charge in [0.15, 0.2) is 0 Å². The summed E-state index contributed by atoms with van der Waals surface area (Å²) >= 11 is 6.03. The lowest BCUT2D eigenvalue weighted by Crippen LogP contribution is -2.15. The molecule has 1 aromatic heterocycles. The number of rotatable bonds is 6. The number of hydrogen-bond donors (Lipinski definition) is 1. The normalized spacial score (nSPS) is 10.7. The molecule has 2 rings (SSSR count). The Hall–Kier alpha value is -1.65. The molecule has 2 aromatic rings. The summed E-state index contributed by atoms with van der Waals surface area (Å²) in [4.78, 5) is 8.65. The Kier molecular flexibility index (Phi) is 5.53. The van der Waals surface area contributed by atoms with Crippen molar-refractivity contribution in [3.8, 4) is 11.6 Å². The number of aromatic nitrogens is 2. The highest BCUT2D eigenvalue weighted by atomic mass is 35.5. The summed E-state index contributed by atoms with van der Waals surface area (Å²) in [6.45, 7) is 7.71. The maximum absolute atomic E-state index is 6.03. The molecule has 5 heteroatoms. The molecule has 0 spiro atoms. The van der Waals surface area contributed by atoms with Crippen LogP contribution in [0.2, 0.25) is 5.02 Å². The average Bonchev–Trinajstić information content (AvgIpc) is 2.44. The first-order valence-electron chi connectivity index (χ1n) is 7.06. The van der Waals surface area contributed by atoms with Crippen LogP contribution >= 0.6 is 11.6 Å². The largest absolute Gasteiger partial charge is 0.437 e. The third kappa shape index (κ3) is 4.41. The summed E-state index contributed by atoms with van der Waals surface area (Å²) < 4.78 is 5.88. The van der Waals surface area contributed by atoms with E-state index in [1.807, 2.05) is 26.0 Å². The van der Waals surface area contributed by atoms with E-state index in [-0.39, 0.29) is 0 Å². The molecule has 0 amide bonds. The highest BCUT2D eigenvalue weighted by Gasteiger charge is 2.08. The summed E-state index contributed by atoms with van der Waals surface area (Å²) in [6, 6.07) is 3.76. The number of halogens is 1. The van der Waals surface area contributed by atoms with E-state index in [4.69, 9.17) is 16.3 Å². The lowest BCUT2D eigenvalue weighted by atomic mass is 10.1.